The van der Waals surface area contributed by atoms with E-state index in [1.165, 1.54) is 18.5 Å². The summed E-state index contributed by atoms with van der Waals surface area (Å²) in [4.78, 5) is 0. The molecule has 2 saturated carbocycles. The van der Waals surface area contributed by atoms with E-state index in [1.807, 2.05) is 11.6 Å². The second kappa shape index (κ2) is 3.59. The van der Waals surface area contributed by atoms with Crippen molar-refractivity contribution >= 4 is 0 Å². The molecule has 4 heteroatoms. The Bertz CT molecular complexity index is 339. The van der Waals surface area contributed by atoms with Gasteiger partial charge in [-0.25, -0.2) is 4.68 Å². The maximum Gasteiger partial charge on any atom is 0.0858 e. The lowest BCUT2D eigenvalue weighted by molar-refractivity contribution is -0.0231. The van der Waals surface area contributed by atoms with E-state index in [4.69, 9.17) is 4.74 Å². The van der Waals surface area contributed by atoms with Gasteiger partial charge in [-0.3, -0.25) is 0 Å². The van der Waals surface area contributed by atoms with E-state index in [0.29, 0.717) is 18.1 Å². The molecule has 1 aromatic heterocycles. The van der Waals surface area contributed by atoms with E-state index in [1.54, 1.807) is 0 Å². The second-order valence-electron chi connectivity index (χ2n) is 4.60. The molecule has 0 N–H and O–H groups in total. The first-order chi connectivity index (χ1) is 7.36. The summed E-state index contributed by atoms with van der Waals surface area (Å²) < 4.78 is 7.57. The summed E-state index contributed by atoms with van der Waals surface area (Å²) >= 11 is 0. The molecule has 0 spiro atoms. The van der Waals surface area contributed by atoms with Crippen molar-refractivity contribution in [2.45, 2.75) is 50.7 Å². The highest BCUT2D eigenvalue weighted by atomic mass is 16.5. The zero-order valence-corrected chi connectivity index (χ0v) is 9.09. The monoisotopic (exact) mass is 207 g/mol. The highest BCUT2D eigenvalue weighted by Crippen LogP contribution is 2.40. The van der Waals surface area contributed by atoms with Crippen LogP contribution in [-0.4, -0.2) is 27.7 Å². The van der Waals surface area contributed by atoms with Gasteiger partial charge in [-0.2, -0.15) is 0 Å². The van der Waals surface area contributed by atoms with Crippen molar-refractivity contribution in [3.05, 3.63) is 11.9 Å². The lowest BCUT2D eigenvalue weighted by Crippen LogP contribution is -2.33. The zero-order chi connectivity index (χ0) is 10.3. The van der Waals surface area contributed by atoms with E-state index in [9.17, 15) is 0 Å². The number of aromatic nitrogens is 3. The van der Waals surface area contributed by atoms with Gasteiger partial charge in [0.15, 0.2) is 0 Å². The van der Waals surface area contributed by atoms with E-state index >= 15 is 0 Å². The molecule has 0 aliphatic heterocycles. The van der Waals surface area contributed by atoms with Crippen LogP contribution in [-0.2, 0) is 4.74 Å². The van der Waals surface area contributed by atoms with Gasteiger partial charge in [0.25, 0.3) is 0 Å². The summed E-state index contributed by atoms with van der Waals surface area (Å²) in [5.41, 5.74) is 1.19. The Morgan fingerprint density at radius 2 is 2.27 bits per heavy atom. The molecule has 1 aromatic rings. The van der Waals surface area contributed by atoms with Crippen LogP contribution in [0.3, 0.4) is 0 Å². The van der Waals surface area contributed by atoms with Crippen molar-refractivity contribution < 1.29 is 4.74 Å². The smallest absolute Gasteiger partial charge is 0.0858 e. The Balaban J connectivity index is 1.58. The SMILES string of the molecule is CCOC1CC(n2cc(C3CC3)nn2)C1. The Morgan fingerprint density at radius 1 is 1.47 bits per heavy atom. The van der Waals surface area contributed by atoms with Crippen molar-refractivity contribution in [1.29, 1.82) is 0 Å². The van der Waals surface area contributed by atoms with Gasteiger partial charge in [-0.1, -0.05) is 5.21 Å². The molecule has 1 heterocycles. The zero-order valence-electron chi connectivity index (χ0n) is 9.09. The molecule has 15 heavy (non-hydrogen) atoms. The third-order valence-electron chi connectivity index (χ3n) is 3.37. The summed E-state index contributed by atoms with van der Waals surface area (Å²) in [7, 11) is 0. The third-order valence-corrected chi connectivity index (χ3v) is 3.37. The van der Waals surface area contributed by atoms with Crippen molar-refractivity contribution in [2.24, 2.45) is 0 Å². The van der Waals surface area contributed by atoms with E-state index < -0.39 is 0 Å². The average Bonchev–Trinajstić information content (AvgIpc) is 2.91. The van der Waals surface area contributed by atoms with Crippen molar-refractivity contribution in [2.75, 3.05) is 6.61 Å². The second-order valence-corrected chi connectivity index (χ2v) is 4.60. The topological polar surface area (TPSA) is 39.9 Å². The summed E-state index contributed by atoms with van der Waals surface area (Å²) in [5, 5.41) is 8.43. The summed E-state index contributed by atoms with van der Waals surface area (Å²) in [6.07, 6.45) is 7.37. The lowest BCUT2D eigenvalue weighted by Gasteiger charge is -2.34. The van der Waals surface area contributed by atoms with Crippen molar-refractivity contribution in [3.8, 4) is 0 Å². The Hall–Kier alpha value is -0.900. The predicted molar refractivity (Wildman–Crippen MR) is 55.7 cm³/mol. The molecule has 0 saturated heterocycles. The summed E-state index contributed by atoms with van der Waals surface area (Å²) in [6.45, 7) is 2.87. The highest BCUT2D eigenvalue weighted by Gasteiger charge is 2.33. The molecule has 0 unspecified atom stereocenters. The fourth-order valence-corrected chi connectivity index (χ4v) is 2.16. The molecule has 0 atom stereocenters. The molecular weight excluding hydrogens is 190 g/mol. The van der Waals surface area contributed by atoms with Crippen LogP contribution in [0.5, 0.6) is 0 Å². The standard InChI is InChI=1S/C11H17N3O/c1-2-15-10-5-9(6-10)14-7-11(12-13-14)8-3-4-8/h7-10H,2-6H2,1H3. The molecule has 4 nitrogen and oxygen atoms in total. The molecular formula is C11H17N3O. The van der Waals surface area contributed by atoms with Crippen LogP contribution in [0.4, 0.5) is 0 Å². The van der Waals surface area contributed by atoms with Gasteiger partial charge in [0.05, 0.1) is 17.8 Å². The van der Waals surface area contributed by atoms with Crippen molar-refractivity contribution in [1.82, 2.24) is 15.0 Å². The maximum absolute atomic E-state index is 5.53. The average molecular weight is 207 g/mol. The molecule has 2 aliphatic rings. The molecule has 3 rings (SSSR count). The molecule has 82 valence electrons. The number of hydrogen-bond acceptors (Lipinski definition) is 3. The molecule has 0 bridgehead atoms. The highest BCUT2D eigenvalue weighted by molar-refractivity contribution is 5.09. The Labute approximate surface area is 89.6 Å². The number of ether oxygens (including phenoxy) is 1. The summed E-state index contributed by atoms with van der Waals surface area (Å²) in [6, 6.07) is 0.529. The molecule has 2 aliphatic carbocycles. The first-order valence-corrected chi connectivity index (χ1v) is 5.90. The van der Waals surface area contributed by atoms with Crippen LogP contribution in [0.25, 0.3) is 0 Å². The van der Waals surface area contributed by atoms with Gasteiger partial charge in [0.1, 0.15) is 0 Å². The maximum atomic E-state index is 5.53. The van der Waals surface area contributed by atoms with Crippen LogP contribution in [0.2, 0.25) is 0 Å². The van der Waals surface area contributed by atoms with Gasteiger partial charge in [0, 0.05) is 18.7 Å². The summed E-state index contributed by atoms with van der Waals surface area (Å²) in [5.74, 6) is 0.710. The lowest BCUT2D eigenvalue weighted by atomic mass is 9.89. The minimum absolute atomic E-state index is 0.452. The number of nitrogens with zero attached hydrogens (tertiary/aromatic N) is 3. The van der Waals surface area contributed by atoms with Gasteiger partial charge < -0.3 is 4.74 Å². The quantitative estimate of drug-likeness (QED) is 0.757. The normalized spacial score (nSPS) is 30.2. The van der Waals surface area contributed by atoms with Crippen molar-refractivity contribution in [3.63, 3.8) is 0 Å². The van der Waals surface area contributed by atoms with E-state index in [-0.39, 0.29) is 0 Å². The fourth-order valence-electron chi connectivity index (χ4n) is 2.16. The van der Waals surface area contributed by atoms with Crippen LogP contribution in [0.1, 0.15) is 50.3 Å². The molecule has 0 radical (unpaired) electrons. The number of rotatable bonds is 4. The Morgan fingerprint density at radius 3 is 2.93 bits per heavy atom. The predicted octanol–water partition coefficient (Wildman–Crippen LogP) is 1.90. The fraction of sp³-hybridized carbons (Fsp3) is 0.818. The molecule has 2 fully saturated rings. The van der Waals surface area contributed by atoms with E-state index in [2.05, 4.69) is 16.5 Å². The Kier molecular flexibility index (Phi) is 2.24. The van der Waals surface area contributed by atoms with Crippen LogP contribution < -0.4 is 0 Å². The van der Waals surface area contributed by atoms with Crippen LogP contribution in [0.15, 0.2) is 6.20 Å². The largest absolute Gasteiger partial charge is 0.378 e. The van der Waals surface area contributed by atoms with Gasteiger partial charge >= 0.3 is 0 Å². The van der Waals surface area contributed by atoms with Crippen LogP contribution in [0, 0.1) is 0 Å². The van der Waals surface area contributed by atoms with Gasteiger partial charge in [-0.05, 0) is 32.6 Å². The van der Waals surface area contributed by atoms with Gasteiger partial charge in [-0.15, -0.1) is 5.10 Å². The molecule has 0 aromatic carbocycles. The van der Waals surface area contributed by atoms with Gasteiger partial charge in [0.2, 0.25) is 0 Å². The number of hydrogen-bond donors (Lipinski definition) is 0. The first kappa shape index (κ1) is 9.33. The first-order valence-electron chi connectivity index (χ1n) is 5.90. The minimum Gasteiger partial charge on any atom is -0.378 e. The van der Waals surface area contributed by atoms with E-state index in [0.717, 1.165) is 19.4 Å². The van der Waals surface area contributed by atoms with Crippen LogP contribution >= 0.6 is 0 Å². The minimum atomic E-state index is 0.452. The molecule has 0 amide bonds. The third kappa shape index (κ3) is 1.78.